The first kappa shape index (κ1) is 12.9. The Morgan fingerprint density at radius 2 is 2.21 bits per heavy atom. The van der Waals surface area contributed by atoms with Crippen molar-refractivity contribution in [2.75, 3.05) is 0 Å². The number of benzene rings is 1. The fourth-order valence-electron chi connectivity index (χ4n) is 1.63. The maximum absolute atomic E-state index is 11.9. The summed E-state index contributed by atoms with van der Waals surface area (Å²) < 4.78 is 1.75. The molecular weight excluding hydrogens is 244 g/mol. The van der Waals surface area contributed by atoms with E-state index in [0.29, 0.717) is 0 Å². The van der Waals surface area contributed by atoms with Gasteiger partial charge in [-0.1, -0.05) is 0 Å². The Morgan fingerprint density at radius 3 is 2.84 bits per heavy atom. The monoisotopic (exact) mass is 258 g/mol. The quantitative estimate of drug-likeness (QED) is 0.651. The van der Waals surface area contributed by atoms with Crippen LogP contribution in [-0.2, 0) is 6.54 Å². The summed E-state index contributed by atoms with van der Waals surface area (Å²) in [6.45, 7) is 2.74. The molecule has 0 aliphatic heterocycles. The van der Waals surface area contributed by atoms with E-state index < -0.39 is 0 Å². The fourth-order valence-corrected chi connectivity index (χ4v) is 1.63. The van der Waals surface area contributed by atoms with E-state index >= 15 is 0 Å². The van der Waals surface area contributed by atoms with Crippen molar-refractivity contribution in [2.24, 2.45) is 0 Å². The minimum absolute atomic E-state index is 0.0812. The largest absolute Gasteiger partial charge is 0.508 e. The molecule has 0 bridgehead atoms. The lowest BCUT2D eigenvalue weighted by atomic mass is 10.1. The number of aryl methyl sites for hydroxylation is 1. The van der Waals surface area contributed by atoms with E-state index in [0.717, 1.165) is 18.2 Å². The second-order valence-corrected chi connectivity index (χ2v) is 4.03. The van der Waals surface area contributed by atoms with Gasteiger partial charge in [0, 0.05) is 24.4 Å². The van der Waals surface area contributed by atoms with E-state index in [4.69, 9.17) is 5.11 Å². The number of aromatic nitrogens is 2. The summed E-state index contributed by atoms with van der Waals surface area (Å²) in [6, 6.07) is 3.87. The van der Waals surface area contributed by atoms with Crippen LogP contribution in [0.2, 0.25) is 0 Å². The number of phenols is 2. The summed E-state index contributed by atoms with van der Waals surface area (Å²) >= 11 is 0. The highest BCUT2D eigenvalue weighted by atomic mass is 16.3. The van der Waals surface area contributed by atoms with E-state index in [1.165, 1.54) is 18.2 Å². The molecule has 1 aromatic heterocycles. The third-order valence-corrected chi connectivity index (χ3v) is 2.65. The number of hydrogen-bond donors (Lipinski definition) is 2. The Morgan fingerprint density at radius 1 is 1.42 bits per heavy atom. The molecule has 19 heavy (non-hydrogen) atoms. The molecule has 2 N–H and O–H groups in total. The van der Waals surface area contributed by atoms with E-state index in [9.17, 15) is 9.90 Å². The predicted octanol–water partition coefficient (Wildman–Crippen LogP) is 2.21. The fraction of sp³-hybridized carbons (Fsp3) is 0.143. The van der Waals surface area contributed by atoms with Gasteiger partial charge in [0.2, 0.25) is 0 Å². The van der Waals surface area contributed by atoms with Gasteiger partial charge in [0.15, 0.2) is 5.78 Å². The summed E-state index contributed by atoms with van der Waals surface area (Å²) in [5, 5.41) is 22.8. The molecule has 5 heteroatoms. The van der Waals surface area contributed by atoms with Crippen molar-refractivity contribution >= 4 is 11.9 Å². The van der Waals surface area contributed by atoms with Crippen molar-refractivity contribution in [2.45, 2.75) is 13.5 Å². The van der Waals surface area contributed by atoms with Gasteiger partial charge in [0.05, 0.1) is 11.8 Å². The summed E-state index contributed by atoms with van der Waals surface area (Å²) in [7, 11) is 0. The molecule has 1 heterocycles. The molecule has 0 radical (unpaired) electrons. The minimum atomic E-state index is -0.332. The number of phenolic OH excluding ortho intramolecular Hbond substituents is 2. The summed E-state index contributed by atoms with van der Waals surface area (Å²) in [4.78, 5) is 11.9. The van der Waals surface area contributed by atoms with Gasteiger partial charge in [-0.25, -0.2) is 0 Å². The Bertz CT molecular complexity index is 629. The molecule has 0 unspecified atom stereocenters. The zero-order chi connectivity index (χ0) is 13.8. The third-order valence-electron chi connectivity index (χ3n) is 2.65. The molecule has 0 aliphatic rings. The third kappa shape index (κ3) is 3.01. The highest BCUT2D eigenvalue weighted by Gasteiger charge is 2.08. The second-order valence-electron chi connectivity index (χ2n) is 4.03. The van der Waals surface area contributed by atoms with Gasteiger partial charge >= 0.3 is 0 Å². The van der Waals surface area contributed by atoms with Crippen LogP contribution >= 0.6 is 0 Å². The summed E-state index contributed by atoms with van der Waals surface area (Å²) in [6.07, 6.45) is 6.47. The smallest absolute Gasteiger partial charge is 0.189 e. The lowest BCUT2D eigenvalue weighted by Gasteiger charge is -2.00. The van der Waals surface area contributed by atoms with Crippen molar-refractivity contribution < 1.29 is 15.0 Å². The van der Waals surface area contributed by atoms with Crippen molar-refractivity contribution in [1.29, 1.82) is 0 Å². The number of ketones is 1. The maximum atomic E-state index is 11.9. The average Bonchev–Trinajstić information content (AvgIpc) is 2.84. The molecular formula is C14H14N2O3. The van der Waals surface area contributed by atoms with Crippen LogP contribution in [0.25, 0.3) is 6.08 Å². The van der Waals surface area contributed by atoms with Crippen LogP contribution in [0.15, 0.2) is 36.7 Å². The van der Waals surface area contributed by atoms with E-state index in [-0.39, 0.29) is 22.8 Å². The maximum Gasteiger partial charge on any atom is 0.189 e. The lowest BCUT2D eigenvalue weighted by molar-refractivity contribution is 0.104. The highest BCUT2D eigenvalue weighted by molar-refractivity contribution is 6.08. The molecule has 0 saturated heterocycles. The van der Waals surface area contributed by atoms with Gasteiger partial charge in [0.25, 0.3) is 0 Å². The van der Waals surface area contributed by atoms with Crippen molar-refractivity contribution in [3.8, 4) is 11.5 Å². The Kier molecular flexibility index (Phi) is 3.66. The van der Waals surface area contributed by atoms with Crippen LogP contribution in [0, 0.1) is 0 Å². The Labute approximate surface area is 110 Å². The van der Waals surface area contributed by atoms with Gasteiger partial charge in [-0.3, -0.25) is 9.48 Å². The van der Waals surface area contributed by atoms with E-state index in [1.807, 2.05) is 13.1 Å². The van der Waals surface area contributed by atoms with Crippen molar-refractivity contribution in [3.63, 3.8) is 0 Å². The highest BCUT2D eigenvalue weighted by Crippen LogP contribution is 2.23. The molecule has 0 amide bonds. The molecule has 98 valence electrons. The number of carbonyl (C=O) groups excluding carboxylic acids is 1. The number of aromatic hydroxyl groups is 2. The number of carbonyl (C=O) groups is 1. The first-order chi connectivity index (χ1) is 9.10. The van der Waals surface area contributed by atoms with E-state index in [1.54, 1.807) is 17.0 Å². The molecule has 0 saturated carbocycles. The van der Waals surface area contributed by atoms with Gasteiger partial charge in [0.1, 0.15) is 11.5 Å². The standard InChI is InChI=1S/C14H14N2O3/c1-2-16-9-10(8-15-16)3-6-13(18)12-5-4-11(17)7-14(12)19/h3-9,17,19H,2H2,1H3/b6-3+. The summed E-state index contributed by atoms with van der Waals surface area (Å²) in [5.41, 5.74) is 0.963. The molecule has 0 spiro atoms. The normalized spacial score (nSPS) is 11.0. The molecule has 2 aromatic rings. The van der Waals surface area contributed by atoms with Crippen LogP contribution in [0.5, 0.6) is 11.5 Å². The topological polar surface area (TPSA) is 75.4 Å². The SMILES string of the molecule is CCn1cc(/C=C/C(=O)c2ccc(O)cc2O)cn1. The lowest BCUT2D eigenvalue weighted by Crippen LogP contribution is -1.94. The summed E-state index contributed by atoms with van der Waals surface area (Å²) in [5.74, 6) is -0.650. The first-order valence-corrected chi connectivity index (χ1v) is 5.87. The van der Waals surface area contributed by atoms with Gasteiger partial charge in [-0.2, -0.15) is 5.10 Å². The molecule has 1 aromatic carbocycles. The number of nitrogens with zero attached hydrogens (tertiary/aromatic N) is 2. The zero-order valence-corrected chi connectivity index (χ0v) is 10.4. The van der Waals surface area contributed by atoms with Crippen molar-refractivity contribution in [3.05, 3.63) is 47.8 Å². The Hall–Kier alpha value is -2.56. The van der Waals surface area contributed by atoms with Gasteiger partial charge in [-0.05, 0) is 31.2 Å². The number of hydrogen-bond acceptors (Lipinski definition) is 4. The minimum Gasteiger partial charge on any atom is -0.508 e. The van der Waals surface area contributed by atoms with Crippen LogP contribution < -0.4 is 0 Å². The van der Waals surface area contributed by atoms with Gasteiger partial charge < -0.3 is 10.2 Å². The van der Waals surface area contributed by atoms with Crippen LogP contribution in [-0.4, -0.2) is 25.8 Å². The number of rotatable bonds is 4. The molecule has 0 aliphatic carbocycles. The zero-order valence-electron chi connectivity index (χ0n) is 10.4. The first-order valence-electron chi connectivity index (χ1n) is 5.87. The Balaban J connectivity index is 2.16. The number of allylic oxidation sites excluding steroid dienone is 1. The van der Waals surface area contributed by atoms with Crippen LogP contribution in [0.4, 0.5) is 0 Å². The van der Waals surface area contributed by atoms with E-state index in [2.05, 4.69) is 5.10 Å². The molecule has 2 rings (SSSR count). The van der Waals surface area contributed by atoms with Gasteiger partial charge in [-0.15, -0.1) is 0 Å². The molecule has 0 atom stereocenters. The predicted molar refractivity (Wildman–Crippen MR) is 71.0 cm³/mol. The molecule has 0 fully saturated rings. The second kappa shape index (κ2) is 5.39. The molecule has 5 nitrogen and oxygen atoms in total. The van der Waals surface area contributed by atoms with Crippen LogP contribution in [0.1, 0.15) is 22.8 Å². The van der Waals surface area contributed by atoms with Crippen LogP contribution in [0.3, 0.4) is 0 Å². The average molecular weight is 258 g/mol. The van der Waals surface area contributed by atoms with Crippen molar-refractivity contribution in [1.82, 2.24) is 9.78 Å².